The number of piperazine rings is 1. The van der Waals surface area contributed by atoms with E-state index in [4.69, 9.17) is 0 Å². The van der Waals surface area contributed by atoms with Crippen molar-refractivity contribution < 1.29 is 14.7 Å². The van der Waals surface area contributed by atoms with Crippen molar-refractivity contribution in [3.05, 3.63) is 65.6 Å². The van der Waals surface area contributed by atoms with E-state index in [-0.39, 0.29) is 23.3 Å². The maximum Gasteiger partial charge on any atom is 0.268 e. The molecule has 2 amide bonds. The number of rotatable bonds is 3. The first-order valence-corrected chi connectivity index (χ1v) is 7.14. The molecular weight excluding hydrogens is 294 g/mol. The Kier molecular flexibility index (Phi) is 4.05. The summed E-state index contributed by atoms with van der Waals surface area (Å²) in [6.07, 6.45) is 3.17. The van der Waals surface area contributed by atoms with Crippen LogP contribution in [0.15, 0.2) is 54.4 Å². The van der Waals surface area contributed by atoms with E-state index in [0.29, 0.717) is 12.1 Å². The lowest BCUT2D eigenvalue weighted by Crippen LogP contribution is -2.55. The van der Waals surface area contributed by atoms with E-state index in [2.05, 4.69) is 15.6 Å². The molecule has 1 aliphatic rings. The average molecular weight is 309 g/mol. The number of aromatic hydroxyl groups is 1. The summed E-state index contributed by atoms with van der Waals surface area (Å²) in [5.74, 6) is -0.592. The predicted octanol–water partition coefficient (Wildman–Crippen LogP) is 0.985. The van der Waals surface area contributed by atoms with Crippen LogP contribution < -0.4 is 10.6 Å². The largest absolute Gasteiger partial charge is 0.506 e. The van der Waals surface area contributed by atoms with Crippen LogP contribution in [0.3, 0.4) is 0 Å². The standard InChI is InChI=1S/C17H15N3O3/c21-13-7-6-12(18-10-13)9-15-17(23)19-14(16(22)20-15)8-11-4-2-1-3-5-11/h1-7,9-10,14,21H,8H2,(H,19,23)(H,20,22)/b15-9+. The van der Waals surface area contributed by atoms with Gasteiger partial charge in [0.05, 0.1) is 11.9 Å². The summed E-state index contributed by atoms with van der Waals surface area (Å²) in [6, 6.07) is 11.9. The molecule has 1 unspecified atom stereocenters. The summed E-state index contributed by atoms with van der Waals surface area (Å²) in [6.45, 7) is 0. The van der Waals surface area contributed by atoms with Gasteiger partial charge < -0.3 is 15.7 Å². The summed E-state index contributed by atoms with van der Waals surface area (Å²) in [4.78, 5) is 28.3. The Morgan fingerprint density at radius 1 is 1.13 bits per heavy atom. The van der Waals surface area contributed by atoms with Crippen molar-refractivity contribution in [2.24, 2.45) is 0 Å². The first-order chi connectivity index (χ1) is 11.1. The first-order valence-electron chi connectivity index (χ1n) is 7.14. The summed E-state index contributed by atoms with van der Waals surface area (Å²) in [5, 5.41) is 14.5. The van der Waals surface area contributed by atoms with E-state index >= 15 is 0 Å². The fourth-order valence-electron chi connectivity index (χ4n) is 2.30. The zero-order valence-electron chi connectivity index (χ0n) is 12.2. The lowest BCUT2D eigenvalue weighted by Gasteiger charge is -2.25. The van der Waals surface area contributed by atoms with Gasteiger partial charge in [0.25, 0.3) is 5.91 Å². The quantitative estimate of drug-likeness (QED) is 0.737. The molecule has 0 spiro atoms. The number of carbonyl (C=O) groups excluding carboxylic acids is 2. The predicted molar refractivity (Wildman–Crippen MR) is 84.1 cm³/mol. The second-order valence-corrected chi connectivity index (χ2v) is 5.20. The van der Waals surface area contributed by atoms with Gasteiger partial charge in [-0.25, -0.2) is 0 Å². The van der Waals surface area contributed by atoms with Crippen LogP contribution >= 0.6 is 0 Å². The molecule has 6 nitrogen and oxygen atoms in total. The summed E-state index contributed by atoms with van der Waals surface area (Å²) >= 11 is 0. The summed E-state index contributed by atoms with van der Waals surface area (Å²) in [5.41, 5.74) is 1.58. The van der Waals surface area contributed by atoms with Crippen molar-refractivity contribution >= 4 is 17.9 Å². The number of amides is 2. The average Bonchev–Trinajstić information content (AvgIpc) is 2.55. The number of pyridine rings is 1. The highest BCUT2D eigenvalue weighted by Gasteiger charge is 2.29. The van der Waals surface area contributed by atoms with Crippen LogP contribution in [0.5, 0.6) is 5.75 Å². The summed E-state index contributed by atoms with van der Waals surface area (Å²) < 4.78 is 0. The Hall–Kier alpha value is -3.15. The maximum atomic E-state index is 12.2. The van der Waals surface area contributed by atoms with Crippen molar-refractivity contribution in [3.63, 3.8) is 0 Å². The lowest BCUT2D eigenvalue weighted by molar-refractivity contribution is -0.131. The molecule has 1 atom stereocenters. The minimum Gasteiger partial charge on any atom is -0.506 e. The molecule has 1 fully saturated rings. The Morgan fingerprint density at radius 3 is 2.61 bits per heavy atom. The van der Waals surface area contributed by atoms with E-state index < -0.39 is 6.04 Å². The lowest BCUT2D eigenvalue weighted by atomic mass is 10.0. The van der Waals surface area contributed by atoms with Gasteiger partial charge in [-0.05, 0) is 23.8 Å². The number of aromatic nitrogens is 1. The maximum absolute atomic E-state index is 12.2. The molecule has 1 aliphatic heterocycles. The molecule has 3 rings (SSSR count). The highest BCUT2D eigenvalue weighted by molar-refractivity contribution is 6.07. The first kappa shape index (κ1) is 14.8. The Bertz CT molecular complexity index is 754. The zero-order chi connectivity index (χ0) is 16.2. The van der Waals surface area contributed by atoms with Gasteiger partial charge in [0.1, 0.15) is 17.5 Å². The molecule has 1 saturated heterocycles. The van der Waals surface area contributed by atoms with Crippen molar-refractivity contribution in [2.45, 2.75) is 12.5 Å². The SMILES string of the molecule is O=C1NC(Cc2ccccc2)C(=O)N/C1=C/c1ccc(O)cn1. The Labute approximate surface area is 132 Å². The molecule has 0 radical (unpaired) electrons. The zero-order valence-corrected chi connectivity index (χ0v) is 12.2. The molecule has 3 N–H and O–H groups in total. The van der Waals surface area contributed by atoms with Gasteiger partial charge in [0.2, 0.25) is 5.91 Å². The van der Waals surface area contributed by atoms with E-state index in [1.165, 1.54) is 18.3 Å². The van der Waals surface area contributed by atoms with Gasteiger partial charge in [0, 0.05) is 6.42 Å². The highest BCUT2D eigenvalue weighted by Crippen LogP contribution is 2.12. The van der Waals surface area contributed by atoms with Crippen LogP contribution in [-0.4, -0.2) is 27.9 Å². The molecule has 0 bridgehead atoms. The van der Waals surface area contributed by atoms with E-state index in [1.807, 2.05) is 30.3 Å². The number of hydrogen-bond acceptors (Lipinski definition) is 4. The van der Waals surface area contributed by atoms with Crippen LogP contribution in [0.25, 0.3) is 6.08 Å². The van der Waals surface area contributed by atoms with Gasteiger partial charge in [-0.1, -0.05) is 30.3 Å². The third-order valence-electron chi connectivity index (χ3n) is 3.47. The molecule has 6 heteroatoms. The summed E-state index contributed by atoms with van der Waals surface area (Å²) in [7, 11) is 0. The van der Waals surface area contributed by atoms with Crippen LogP contribution in [0.4, 0.5) is 0 Å². The second-order valence-electron chi connectivity index (χ2n) is 5.20. The molecule has 116 valence electrons. The van der Waals surface area contributed by atoms with Crippen molar-refractivity contribution in [3.8, 4) is 5.75 Å². The van der Waals surface area contributed by atoms with Crippen molar-refractivity contribution in [1.82, 2.24) is 15.6 Å². The fourth-order valence-corrected chi connectivity index (χ4v) is 2.30. The molecule has 0 aliphatic carbocycles. The van der Waals surface area contributed by atoms with Crippen LogP contribution in [0.2, 0.25) is 0 Å². The molecule has 1 aromatic carbocycles. The second kappa shape index (κ2) is 6.31. The normalized spacial score (nSPS) is 19.3. The molecular formula is C17H15N3O3. The smallest absolute Gasteiger partial charge is 0.268 e. The third-order valence-corrected chi connectivity index (χ3v) is 3.47. The fraction of sp³-hybridized carbons (Fsp3) is 0.118. The van der Waals surface area contributed by atoms with Crippen LogP contribution in [-0.2, 0) is 16.0 Å². The molecule has 0 saturated carbocycles. The minimum absolute atomic E-state index is 0.0345. The van der Waals surface area contributed by atoms with Gasteiger partial charge in [-0.15, -0.1) is 0 Å². The number of nitrogens with one attached hydrogen (secondary N) is 2. The number of hydrogen-bond donors (Lipinski definition) is 3. The van der Waals surface area contributed by atoms with Gasteiger partial charge >= 0.3 is 0 Å². The monoisotopic (exact) mass is 309 g/mol. The minimum atomic E-state index is -0.602. The number of carbonyl (C=O) groups is 2. The van der Waals surface area contributed by atoms with Gasteiger partial charge in [-0.3, -0.25) is 14.6 Å². The van der Waals surface area contributed by atoms with E-state index in [1.54, 1.807) is 6.07 Å². The number of nitrogens with zero attached hydrogens (tertiary/aromatic N) is 1. The van der Waals surface area contributed by atoms with Crippen molar-refractivity contribution in [2.75, 3.05) is 0 Å². The van der Waals surface area contributed by atoms with Crippen molar-refractivity contribution in [1.29, 1.82) is 0 Å². The van der Waals surface area contributed by atoms with E-state index in [9.17, 15) is 14.7 Å². The number of benzene rings is 1. The molecule has 1 aromatic heterocycles. The highest BCUT2D eigenvalue weighted by atomic mass is 16.3. The van der Waals surface area contributed by atoms with Crippen LogP contribution in [0, 0.1) is 0 Å². The molecule has 23 heavy (non-hydrogen) atoms. The Balaban J connectivity index is 1.73. The van der Waals surface area contributed by atoms with Crippen LogP contribution in [0.1, 0.15) is 11.3 Å². The topological polar surface area (TPSA) is 91.3 Å². The molecule has 2 aromatic rings. The molecule has 2 heterocycles. The van der Waals surface area contributed by atoms with Gasteiger partial charge in [-0.2, -0.15) is 0 Å². The third kappa shape index (κ3) is 3.55. The van der Waals surface area contributed by atoms with Gasteiger partial charge in [0.15, 0.2) is 0 Å². The van der Waals surface area contributed by atoms with E-state index in [0.717, 1.165) is 5.56 Å². The Morgan fingerprint density at radius 2 is 1.91 bits per heavy atom.